The van der Waals surface area contributed by atoms with Gasteiger partial charge in [-0.2, -0.15) is 4.98 Å². The van der Waals surface area contributed by atoms with Crippen molar-refractivity contribution in [3.63, 3.8) is 0 Å². The molecule has 2 aromatic rings. The van der Waals surface area contributed by atoms with Gasteiger partial charge in [0.25, 0.3) is 0 Å². The fourth-order valence-electron chi connectivity index (χ4n) is 3.55. The molecule has 1 aromatic heterocycles. The normalized spacial score (nSPS) is 20.4. The molecule has 9 heteroatoms. The van der Waals surface area contributed by atoms with Crippen LogP contribution < -0.4 is 20.3 Å². The SMILES string of the molecule is Fc1ccc(OC2=Cc3cnc(NC4CCNC4)nc3N3CCN=C23)c(F)c1. The van der Waals surface area contributed by atoms with Crippen LogP contribution in [0.2, 0.25) is 0 Å². The molecule has 0 amide bonds. The van der Waals surface area contributed by atoms with Crippen LogP contribution in [-0.4, -0.2) is 48.0 Å². The highest BCUT2D eigenvalue weighted by Crippen LogP contribution is 2.32. The van der Waals surface area contributed by atoms with Crippen LogP contribution in [0.4, 0.5) is 20.5 Å². The van der Waals surface area contributed by atoms with Gasteiger partial charge in [-0.05, 0) is 31.2 Å². The zero-order valence-electron chi connectivity index (χ0n) is 15.0. The lowest BCUT2D eigenvalue weighted by Crippen LogP contribution is -2.35. The van der Waals surface area contributed by atoms with E-state index >= 15 is 0 Å². The van der Waals surface area contributed by atoms with Gasteiger partial charge in [-0.15, -0.1) is 0 Å². The van der Waals surface area contributed by atoms with Crippen LogP contribution >= 0.6 is 0 Å². The van der Waals surface area contributed by atoms with Crippen molar-refractivity contribution in [1.82, 2.24) is 15.3 Å². The molecule has 1 unspecified atom stereocenters. The number of benzene rings is 1. The van der Waals surface area contributed by atoms with E-state index in [9.17, 15) is 8.78 Å². The van der Waals surface area contributed by atoms with Crippen molar-refractivity contribution in [2.24, 2.45) is 4.99 Å². The highest BCUT2D eigenvalue weighted by molar-refractivity contribution is 6.15. The summed E-state index contributed by atoms with van der Waals surface area (Å²) in [6, 6.07) is 3.52. The molecule has 3 aliphatic rings. The first kappa shape index (κ1) is 17.1. The number of hydrogen-bond acceptors (Lipinski definition) is 7. The van der Waals surface area contributed by atoms with Gasteiger partial charge in [0.2, 0.25) is 5.95 Å². The Kier molecular flexibility index (Phi) is 4.16. The number of nitrogens with one attached hydrogen (secondary N) is 2. The predicted octanol–water partition coefficient (Wildman–Crippen LogP) is 2.18. The Morgan fingerprint density at radius 2 is 2.21 bits per heavy atom. The third-order valence-electron chi connectivity index (χ3n) is 4.91. The van der Waals surface area contributed by atoms with Gasteiger partial charge in [-0.1, -0.05) is 0 Å². The van der Waals surface area contributed by atoms with Gasteiger partial charge in [0.15, 0.2) is 23.2 Å². The maximum absolute atomic E-state index is 14.0. The molecule has 28 heavy (non-hydrogen) atoms. The van der Waals surface area contributed by atoms with Gasteiger partial charge in [-0.25, -0.2) is 13.8 Å². The average molecular weight is 384 g/mol. The monoisotopic (exact) mass is 384 g/mol. The minimum absolute atomic E-state index is 0.0569. The minimum atomic E-state index is -0.766. The second-order valence-electron chi connectivity index (χ2n) is 6.85. The number of fused-ring (bicyclic) bond motifs is 3. The number of nitrogens with zero attached hydrogens (tertiary/aromatic N) is 4. The number of anilines is 2. The Bertz CT molecular complexity index is 986. The summed E-state index contributed by atoms with van der Waals surface area (Å²) in [6.45, 7) is 3.10. The number of aromatic nitrogens is 2. The molecule has 3 aliphatic heterocycles. The molecule has 4 heterocycles. The molecule has 1 fully saturated rings. The van der Waals surface area contributed by atoms with Crippen LogP contribution in [0.25, 0.3) is 6.08 Å². The lowest BCUT2D eigenvalue weighted by molar-refractivity contribution is 0.418. The largest absolute Gasteiger partial charge is 0.450 e. The quantitative estimate of drug-likeness (QED) is 0.842. The Hall–Kier alpha value is -3.07. The van der Waals surface area contributed by atoms with Gasteiger partial charge >= 0.3 is 0 Å². The van der Waals surface area contributed by atoms with E-state index in [-0.39, 0.29) is 5.75 Å². The molecule has 1 saturated heterocycles. The predicted molar refractivity (Wildman–Crippen MR) is 102 cm³/mol. The lowest BCUT2D eigenvalue weighted by Gasteiger charge is -2.27. The summed E-state index contributed by atoms with van der Waals surface area (Å²) in [5.41, 5.74) is 0.758. The van der Waals surface area contributed by atoms with Gasteiger partial charge in [0.1, 0.15) is 11.6 Å². The summed E-state index contributed by atoms with van der Waals surface area (Å²) in [7, 11) is 0. The molecule has 7 nitrogen and oxygen atoms in total. The summed E-state index contributed by atoms with van der Waals surface area (Å²) in [4.78, 5) is 15.5. The van der Waals surface area contributed by atoms with Crippen molar-refractivity contribution in [3.8, 4) is 5.75 Å². The Labute approximate surface area is 160 Å². The van der Waals surface area contributed by atoms with E-state index < -0.39 is 11.6 Å². The van der Waals surface area contributed by atoms with Gasteiger partial charge in [0.05, 0.1) is 6.54 Å². The van der Waals surface area contributed by atoms with Gasteiger partial charge < -0.3 is 20.3 Å². The smallest absolute Gasteiger partial charge is 0.224 e. The molecule has 1 atom stereocenters. The number of hydrogen-bond donors (Lipinski definition) is 2. The number of ether oxygens (including phenoxy) is 1. The first-order valence-corrected chi connectivity index (χ1v) is 9.18. The molecule has 5 rings (SSSR count). The number of aliphatic imine (C=N–C) groups is 1. The summed E-state index contributed by atoms with van der Waals surface area (Å²) in [6.07, 6.45) is 4.48. The molecular weight excluding hydrogens is 366 g/mol. The summed E-state index contributed by atoms with van der Waals surface area (Å²) >= 11 is 0. The zero-order valence-corrected chi connectivity index (χ0v) is 15.0. The highest BCUT2D eigenvalue weighted by atomic mass is 19.1. The molecule has 2 N–H and O–H groups in total. The van der Waals surface area contributed by atoms with Crippen molar-refractivity contribution < 1.29 is 13.5 Å². The molecule has 0 radical (unpaired) electrons. The maximum atomic E-state index is 14.0. The van der Waals surface area contributed by atoms with Crippen LogP contribution in [0.3, 0.4) is 0 Å². The molecule has 0 bridgehead atoms. The first-order chi connectivity index (χ1) is 13.7. The highest BCUT2D eigenvalue weighted by Gasteiger charge is 2.32. The van der Waals surface area contributed by atoms with Crippen LogP contribution in [0.15, 0.2) is 35.1 Å². The molecule has 0 saturated carbocycles. The molecule has 144 valence electrons. The summed E-state index contributed by atoms with van der Waals surface area (Å²) < 4.78 is 32.9. The fraction of sp³-hybridized carbons (Fsp3) is 0.316. The van der Waals surface area contributed by atoms with E-state index in [0.29, 0.717) is 36.7 Å². The second-order valence-corrected chi connectivity index (χ2v) is 6.85. The zero-order chi connectivity index (χ0) is 19.1. The van der Waals surface area contributed by atoms with E-state index in [4.69, 9.17) is 4.74 Å². The van der Waals surface area contributed by atoms with Crippen LogP contribution in [0.1, 0.15) is 12.0 Å². The first-order valence-electron chi connectivity index (χ1n) is 9.18. The van der Waals surface area contributed by atoms with Crippen molar-refractivity contribution in [1.29, 1.82) is 0 Å². The Balaban J connectivity index is 1.46. The third-order valence-corrected chi connectivity index (χ3v) is 4.91. The number of amidine groups is 1. The van der Waals surface area contributed by atoms with E-state index in [1.807, 2.05) is 4.90 Å². The second kappa shape index (κ2) is 6.83. The van der Waals surface area contributed by atoms with E-state index in [2.05, 4.69) is 25.6 Å². The number of halogens is 2. The maximum Gasteiger partial charge on any atom is 0.224 e. The molecule has 0 aliphatic carbocycles. The van der Waals surface area contributed by atoms with E-state index in [1.54, 1.807) is 12.3 Å². The van der Waals surface area contributed by atoms with Gasteiger partial charge in [-0.3, -0.25) is 4.99 Å². The average Bonchev–Trinajstić information content (AvgIpc) is 3.36. The van der Waals surface area contributed by atoms with Crippen molar-refractivity contribution in [2.45, 2.75) is 12.5 Å². The van der Waals surface area contributed by atoms with Crippen molar-refractivity contribution in [2.75, 3.05) is 36.4 Å². The van der Waals surface area contributed by atoms with E-state index in [0.717, 1.165) is 43.0 Å². The van der Waals surface area contributed by atoms with E-state index in [1.165, 1.54) is 6.07 Å². The standard InChI is InChI=1S/C19H18F2N6O/c20-12-1-2-15(14(21)8-12)28-16-7-11-9-24-19(25-13-3-4-22-10-13)26-17(11)27-6-5-23-18(16)27/h1-2,7-9,13,22H,3-6,10H2,(H,24,25,26). The summed E-state index contributed by atoms with van der Waals surface area (Å²) in [5.74, 6) is 0.811. The lowest BCUT2D eigenvalue weighted by atomic mass is 10.1. The van der Waals surface area contributed by atoms with Crippen LogP contribution in [-0.2, 0) is 0 Å². The molecular formula is C19H18F2N6O. The number of rotatable bonds is 4. The Morgan fingerprint density at radius 3 is 3.04 bits per heavy atom. The van der Waals surface area contributed by atoms with Gasteiger partial charge in [0, 0.05) is 37.0 Å². The topological polar surface area (TPSA) is 74.7 Å². The van der Waals surface area contributed by atoms with Crippen molar-refractivity contribution in [3.05, 3.63) is 47.4 Å². The molecule has 1 aromatic carbocycles. The molecule has 0 spiro atoms. The van der Waals surface area contributed by atoms with Crippen LogP contribution in [0.5, 0.6) is 5.75 Å². The third kappa shape index (κ3) is 3.07. The fourth-order valence-corrected chi connectivity index (χ4v) is 3.55. The van der Waals surface area contributed by atoms with Crippen molar-refractivity contribution >= 4 is 23.7 Å². The summed E-state index contributed by atoms with van der Waals surface area (Å²) in [5, 5.41) is 6.65. The Morgan fingerprint density at radius 1 is 1.29 bits per heavy atom. The minimum Gasteiger partial charge on any atom is -0.450 e. The van der Waals surface area contributed by atoms with Crippen LogP contribution in [0, 0.1) is 11.6 Å².